The molecule has 2 heterocycles. The molecule has 0 spiro atoms. The van der Waals surface area contributed by atoms with E-state index in [-0.39, 0.29) is 11.2 Å². The van der Waals surface area contributed by atoms with Gasteiger partial charge in [0.25, 0.3) is 0 Å². The molecule has 2 aromatic rings. The number of ether oxygens (including phenoxy) is 1. The summed E-state index contributed by atoms with van der Waals surface area (Å²) in [6.45, 7) is 11.7. The summed E-state index contributed by atoms with van der Waals surface area (Å²) < 4.78 is 11.5. The molecule has 0 fully saturated rings. The highest BCUT2D eigenvalue weighted by Gasteiger charge is 2.29. The van der Waals surface area contributed by atoms with Crippen molar-refractivity contribution in [3.63, 3.8) is 0 Å². The van der Waals surface area contributed by atoms with Gasteiger partial charge in [0, 0.05) is 23.0 Å². The molecule has 0 aliphatic carbocycles. The van der Waals surface area contributed by atoms with Crippen LogP contribution in [0.1, 0.15) is 44.4 Å². The minimum atomic E-state index is -0.228. The molecule has 3 rings (SSSR count). The second kappa shape index (κ2) is 5.13. The Kier molecular flexibility index (Phi) is 3.52. The summed E-state index contributed by atoms with van der Waals surface area (Å²) in [6, 6.07) is 3.99. The molecule has 1 aromatic heterocycles. The van der Waals surface area contributed by atoms with E-state index in [0.29, 0.717) is 18.7 Å². The van der Waals surface area contributed by atoms with Gasteiger partial charge in [-0.05, 0) is 51.8 Å². The highest BCUT2D eigenvalue weighted by molar-refractivity contribution is 5.86. The average Bonchev–Trinajstić information content (AvgIpc) is 2.46. The molecule has 0 atom stereocenters. The van der Waals surface area contributed by atoms with E-state index in [0.717, 1.165) is 34.4 Å². The van der Waals surface area contributed by atoms with Crippen molar-refractivity contribution in [1.29, 1.82) is 0 Å². The van der Waals surface area contributed by atoms with Gasteiger partial charge in [0.1, 0.15) is 18.1 Å². The van der Waals surface area contributed by atoms with Crippen LogP contribution in [-0.2, 0) is 13.0 Å². The Hall–Kier alpha value is -1.81. The fourth-order valence-electron chi connectivity index (χ4n) is 3.00. The number of aryl methyl sites for hydroxylation is 1. The predicted molar refractivity (Wildman–Crippen MR) is 87.4 cm³/mol. The zero-order chi connectivity index (χ0) is 16.1. The molecule has 1 aromatic carbocycles. The topological polar surface area (TPSA) is 42.7 Å². The van der Waals surface area contributed by atoms with Crippen molar-refractivity contribution in [2.45, 2.75) is 53.1 Å². The molecule has 0 bridgehead atoms. The Bertz CT molecular complexity index is 783. The highest BCUT2D eigenvalue weighted by atomic mass is 16.5. The van der Waals surface area contributed by atoms with Crippen LogP contribution in [0, 0.1) is 6.92 Å². The zero-order valence-electron chi connectivity index (χ0n) is 13.9. The lowest BCUT2D eigenvalue weighted by Gasteiger charge is -2.38. The summed E-state index contributed by atoms with van der Waals surface area (Å²) in [6.07, 6.45) is 0.686. The maximum absolute atomic E-state index is 12.2. The SMILES string of the molecule is CCc1c(C)c2ccc3c(c2oc1=O)CN(C(C)(C)C)CO3. The first-order valence-corrected chi connectivity index (χ1v) is 7.79. The molecule has 118 valence electrons. The molecule has 0 amide bonds. The number of fused-ring (bicyclic) bond motifs is 3. The normalized spacial score (nSPS) is 15.7. The number of benzene rings is 1. The monoisotopic (exact) mass is 301 g/mol. The van der Waals surface area contributed by atoms with Crippen LogP contribution in [0.2, 0.25) is 0 Å². The van der Waals surface area contributed by atoms with E-state index in [1.807, 2.05) is 26.0 Å². The quantitative estimate of drug-likeness (QED) is 0.755. The third kappa shape index (κ3) is 2.31. The smallest absolute Gasteiger partial charge is 0.339 e. The second-order valence-corrected chi connectivity index (χ2v) is 6.91. The van der Waals surface area contributed by atoms with Crippen LogP contribution in [0.3, 0.4) is 0 Å². The van der Waals surface area contributed by atoms with Crippen molar-refractivity contribution in [2.75, 3.05) is 6.73 Å². The molecule has 1 aliphatic heterocycles. The van der Waals surface area contributed by atoms with E-state index in [4.69, 9.17) is 9.15 Å². The molecule has 1 aliphatic rings. The predicted octanol–water partition coefficient (Wildman–Crippen LogP) is 3.61. The molecule has 0 unspecified atom stereocenters. The maximum atomic E-state index is 12.2. The van der Waals surface area contributed by atoms with Crippen LogP contribution in [0.4, 0.5) is 0 Å². The van der Waals surface area contributed by atoms with E-state index in [9.17, 15) is 4.79 Å². The van der Waals surface area contributed by atoms with Gasteiger partial charge in [-0.3, -0.25) is 4.90 Å². The molecule has 4 nitrogen and oxygen atoms in total. The Morgan fingerprint density at radius 3 is 2.64 bits per heavy atom. The summed E-state index contributed by atoms with van der Waals surface area (Å²) in [5.74, 6) is 0.819. The molecule has 22 heavy (non-hydrogen) atoms. The summed E-state index contributed by atoms with van der Waals surface area (Å²) in [7, 11) is 0. The van der Waals surface area contributed by atoms with Crippen LogP contribution in [0.25, 0.3) is 11.0 Å². The van der Waals surface area contributed by atoms with Gasteiger partial charge in [0.15, 0.2) is 0 Å². The van der Waals surface area contributed by atoms with Crippen molar-refractivity contribution in [3.05, 3.63) is 39.2 Å². The van der Waals surface area contributed by atoms with Crippen LogP contribution in [0.5, 0.6) is 5.75 Å². The standard InChI is InChI=1S/C18H23NO3/c1-6-12-11(2)13-7-8-15-14(16(13)22-17(12)20)9-19(10-21-15)18(3,4)5/h7-8H,6,9-10H2,1-5H3. The summed E-state index contributed by atoms with van der Waals surface area (Å²) in [5, 5.41) is 1.01. The number of rotatable bonds is 1. The van der Waals surface area contributed by atoms with Gasteiger partial charge < -0.3 is 9.15 Å². The largest absolute Gasteiger partial charge is 0.478 e. The van der Waals surface area contributed by atoms with Gasteiger partial charge in [-0.2, -0.15) is 0 Å². The minimum absolute atomic E-state index is 0.00144. The van der Waals surface area contributed by atoms with Gasteiger partial charge in [-0.15, -0.1) is 0 Å². The zero-order valence-corrected chi connectivity index (χ0v) is 13.9. The molecular weight excluding hydrogens is 278 g/mol. The fourth-order valence-corrected chi connectivity index (χ4v) is 3.00. The number of hydrogen-bond acceptors (Lipinski definition) is 4. The average molecular weight is 301 g/mol. The summed E-state index contributed by atoms with van der Waals surface area (Å²) in [4.78, 5) is 14.5. The molecule has 4 heteroatoms. The lowest BCUT2D eigenvalue weighted by atomic mass is 9.99. The van der Waals surface area contributed by atoms with Crippen molar-refractivity contribution in [1.82, 2.24) is 4.90 Å². The van der Waals surface area contributed by atoms with E-state index >= 15 is 0 Å². The molecule has 0 N–H and O–H groups in total. The van der Waals surface area contributed by atoms with Crippen LogP contribution < -0.4 is 10.4 Å². The molecule has 0 saturated heterocycles. The lowest BCUT2D eigenvalue weighted by Crippen LogP contribution is -2.45. The van der Waals surface area contributed by atoms with E-state index < -0.39 is 0 Å². The van der Waals surface area contributed by atoms with Crippen molar-refractivity contribution < 1.29 is 9.15 Å². The van der Waals surface area contributed by atoms with E-state index in [1.54, 1.807) is 0 Å². The third-order valence-corrected chi connectivity index (χ3v) is 4.54. The summed E-state index contributed by atoms with van der Waals surface area (Å²) >= 11 is 0. The Morgan fingerprint density at radius 1 is 1.27 bits per heavy atom. The Balaban J connectivity index is 2.23. The third-order valence-electron chi connectivity index (χ3n) is 4.54. The van der Waals surface area contributed by atoms with Crippen LogP contribution >= 0.6 is 0 Å². The summed E-state index contributed by atoms with van der Waals surface area (Å²) in [5.41, 5.74) is 3.20. The molecule has 0 saturated carbocycles. The number of hydrogen-bond donors (Lipinski definition) is 0. The van der Waals surface area contributed by atoms with Gasteiger partial charge in [-0.1, -0.05) is 6.92 Å². The first kappa shape index (κ1) is 15.1. The van der Waals surface area contributed by atoms with E-state index in [1.165, 1.54) is 0 Å². The maximum Gasteiger partial charge on any atom is 0.339 e. The van der Waals surface area contributed by atoms with Gasteiger partial charge in [0.2, 0.25) is 0 Å². The van der Waals surface area contributed by atoms with Crippen molar-refractivity contribution >= 4 is 11.0 Å². The van der Waals surface area contributed by atoms with Gasteiger partial charge in [0.05, 0.1) is 5.56 Å². The number of nitrogens with zero attached hydrogens (tertiary/aromatic N) is 1. The second-order valence-electron chi connectivity index (χ2n) is 6.91. The molecular formula is C18H23NO3. The van der Waals surface area contributed by atoms with Crippen molar-refractivity contribution in [3.8, 4) is 5.75 Å². The molecule has 0 radical (unpaired) electrons. The van der Waals surface area contributed by atoms with Gasteiger partial charge in [-0.25, -0.2) is 4.79 Å². The van der Waals surface area contributed by atoms with Crippen molar-refractivity contribution in [2.24, 2.45) is 0 Å². The lowest BCUT2D eigenvalue weighted by molar-refractivity contribution is 0.0221. The first-order valence-electron chi connectivity index (χ1n) is 7.79. The van der Waals surface area contributed by atoms with Crippen LogP contribution in [-0.4, -0.2) is 17.2 Å². The van der Waals surface area contributed by atoms with E-state index in [2.05, 4.69) is 25.7 Å². The Morgan fingerprint density at radius 2 is 2.00 bits per heavy atom. The highest BCUT2D eigenvalue weighted by Crippen LogP contribution is 2.35. The Labute approximate surface area is 130 Å². The first-order chi connectivity index (χ1) is 10.3. The fraction of sp³-hybridized carbons (Fsp3) is 0.500. The van der Waals surface area contributed by atoms with Crippen LogP contribution in [0.15, 0.2) is 21.3 Å². The van der Waals surface area contributed by atoms with Gasteiger partial charge >= 0.3 is 5.63 Å². The minimum Gasteiger partial charge on any atom is -0.478 e.